The van der Waals surface area contributed by atoms with Crippen LogP contribution in [-0.2, 0) is 10.0 Å². The molecule has 2 aromatic rings. The molecule has 0 amide bonds. The second kappa shape index (κ2) is 5.55. The molecule has 112 valence electrons. The number of rotatable bonds is 2. The number of benzene rings is 2. The highest BCUT2D eigenvalue weighted by atomic mass is 35.5. The van der Waals surface area contributed by atoms with Crippen molar-refractivity contribution in [2.75, 3.05) is 7.05 Å². The van der Waals surface area contributed by atoms with Gasteiger partial charge in [-0.2, -0.15) is 13.5 Å². The van der Waals surface area contributed by atoms with Gasteiger partial charge in [0, 0.05) is 23.2 Å². The van der Waals surface area contributed by atoms with Crippen molar-refractivity contribution in [2.24, 2.45) is 9.50 Å². The van der Waals surface area contributed by atoms with E-state index in [1.54, 1.807) is 37.5 Å². The number of sulfonamides is 1. The molecule has 0 unspecified atom stereocenters. The lowest BCUT2D eigenvalue weighted by Gasteiger charge is -2.12. The number of amidine groups is 1. The van der Waals surface area contributed by atoms with E-state index < -0.39 is 10.0 Å². The van der Waals surface area contributed by atoms with Crippen LogP contribution in [-0.4, -0.2) is 32.5 Å². The molecule has 7 heteroatoms. The number of fused-ring (bicyclic) bond motifs is 1. The Balaban J connectivity index is 1.94. The van der Waals surface area contributed by atoms with Crippen molar-refractivity contribution in [3.05, 3.63) is 64.7 Å². The molecular weight excluding hydrogens is 322 g/mol. The Bertz CT molecular complexity index is 891. The number of hydrazone groups is 1. The summed E-state index contributed by atoms with van der Waals surface area (Å²) in [5.74, 6) is 0.291. The van der Waals surface area contributed by atoms with Crippen molar-refractivity contribution in [3.8, 4) is 0 Å². The summed E-state index contributed by atoms with van der Waals surface area (Å²) in [6.45, 7) is 0. The molecule has 0 fully saturated rings. The van der Waals surface area contributed by atoms with E-state index in [2.05, 4.69) is 9.50 Å². The fraction of sp³-hybridized carbons (Fsp3) is 0.0667. The van der Waals surface area contributed by atoms with Gasteiger partial charge < -0.3 is 0 Å². The van der Waals surface area contributed by atoms with Crippen LogP contribution in [0.25, 0.3) is 0 Å². The van der Waals surface area contributed by atoms with Crippen LogP contribution < -0.4 is 0 Å². The lowest BCUT2D eigenvalue weighted by molar-refractivity contribution is 0.549. The van der Waals surface area contributed by atoms with Crippen LogP contribution in [0.5, 0.6) is 0 Å². The van der Waals surface area contributed by atoms with Crippen LogP contribution in [0.2, 0.25) is 5.02 Å². The Morgan fingerprint density at radius 1 is 1.14 bits per heavy atom. The van der Waals surface area contributed by atoms with Gasteiger partial charge in [-0.1, -0.05) is 41.9 Å². The smallest absolute Gasteiger partial charge is 0.250 e. The normalized spacial score (nSPS) is 15.6. The lowest BCUT2D eigenvalue weighted by atomic mass is 10.2. The first-order chi connectivity index (χ1) is 10.5. The summed E-state index contributed by atoms with van der Waals surface area (Å²) in [7, 11) is -2.00. The third-order valence-electron chi connectivity index (χ3n) is 3.19. The molecule has 0 N–H and O–H groups in total. The monoisotopic (exact) mass is 333 g/mol. The van der Waals surface area contributed by atoms with E-state index in [1.165, 1.54) is 11.1 Å². The summed E-state index contributed by atoms with van der Waals surface area (Å²) >= 11 is 6.06. The zero-order valence-electron chi connectivity index (χ0n) is 11.6. The molecular formula is C15H12ClN3O2S. The number of hydrogen-bond donors (Lipinski definition) is 0. The molecule has 0 saturated heterocycles. The third-order valence-corrected chi connectivity index (χ3v) is 4.86. The molecule has 3 rings (SSSR count). The molecule has 1 aliphatic heterocycles. The molecule has 0 aliphatic carbocycles. The molecule has 0 bridgehead atoms. The maximum atomic E-state index is 12.0. The molecule has 5 nitrogen and oxygen atoms in total. The largest absolute Gasteiger partial charge is 0.285 e. The van der Waals surface area contributed by atoms with Gasteiger partial charge >= 0.3 is 0 Å². The van der Waals surface area contributed by atoms with Gasteiger partial charge in [0.2, 0.25) is 0 Å². The van der Waals surface area contributed by atoms with Gasteiger partial charge in [-0.3, -0.25) is 0 Å². The van der Waals surface area contributed by atoms with Gasteiger partial charge in [-0.25, -0.2) is 5.01 Å². The van der Waals surface area contributed by atoms with Crippen molar-refractivity contribution in [3.63, 3.8) is 0 Å². The third kappa shape index (κ3) is 2.63. The quantitative estimate of drug-likeness (QED) is 0.627. The zero-order chi connectivity index (χ0) is 15.7. The van der Waals surface area contributed by atoms with Crippen molar-refractivity contribution < 1.29 is 8.42 Å². The minimum atomic E-state index is -3.64. The van der Waals surface area contributed by atoms with Crippen molar-refractivity contribution in [1.29, 1.82) is 0 Å². The first kappa shape index (κ1) is 14.7. The van der Waals surface area contributed by atoms with Gasteiger partial charge in [-0.15, -0.1) is 4.40 Å². The SMILES string of the molecule is CN(/N=C/c1ccccc1Cl)C1=NS(=O)(=O)c2ccccc21. The van der Waals surface area contributed by atoms with Gasteiger partial charge in [0.05, 0.1) is 6.21 Å². The van der Waals surface area contributed by atoms with Gasteiger partial charge in [0.25, 0.3) is 10.0 Å². The zero-order valence-corrected chi connectivity index (χ0v) is 13.2. The van der Waals surface area contributed by atoms with Crippen molar-refractivity contribution in [2.45, 2.75) is 4.90 Å². The van der Waals surface area contributed by atoms with Crippen LogP contribution in [0, 0.1) is 0 Å². The standard InChI is InChI=1S/C15H12ClN3O2S/c1-19(17-10-11-6-2-4-8-13(11)16)15-12-7-3-5-9-14(12)22(20,21)18-15/h2-10H,1H3/b17-10+. The number of hydrogen-bond acceptors (Lipinski definition) is 4. The highest BCUT2D eigenvalue weighted by molar-refractivity contribution is 7.90. The maximum Gasteiger partial charge on any atom is 0.285 e. The molecule has 0 saturated carbocycles. The van der Waals surface area contributed by atoms with Crippen LogP contribution in [0.4, 0.5) is 0 Å². The first-order valence-electron chi connectivity index (χ1n) is 6.46. The number of nitrogens with zero attached hydrogens (tertiary/aromatic N) is 3. The molecule has 1 heterocycles. The van der Waals surface area contributed by atoms with Crippen LogP contribution >= 0.6 is 11.6 Å². The molecule has 0 atom stereocenters. The molecule has 1 aliphatic rings. The Hall–Kier alpha value is -2.18. The minimum absolute atomic E-state index is 0.199. The summed E-state index contributed by atoms with van der Waals surface area (Å²) in [4.78, 5) is 0.199. The molecule has 0 spiro atoms. The average Bonchev–Trinajstić information content (AvgIpc) is 2.79. The Kier molecular flexibility index (Phi) is 3.72. The van der Waals surface area contributed by atoms with Crippen molar-refractivity contribution in [1.82, 2.24) is 5.01 Å². The van der Waals surface area contributed by atoms with E-state index in [0.29, 0.717) is 16.4 Å². The second-order valence-electron chi connectivity index (χ2n) is 4.68. The summed E-state index contributed by atoms with van der Waals surface area (Å²) in [5.41, 5.74) is 1.28. The predicted octanol–water partition coefficient (Wildman–Crippen LogP) is 2.75. The topological polar surface area (TPSA) is 62.1 Å². The Labute approximate surface area is 133 Å². The fourth-order valence-corrected chi connectivity index (χ4v) is 3.52. The van der Waals surface area contributed by atoms with Gasteiger partial charge in [-0.05, 0) is 18.2 Å². The van der Waals surface area contributed by atoms with E-state index in [0.717, 1.165) is 5.56 Å². The van der Waals surface area contributed by atoms with E-state index in [-0.39, 0.29) is 4.90 Å². The van der Waals surface area contributed by atoms with E-state index in [1.807, 2.05) is 18.2 Å². The Morgan fingerprint density at radius 2 is 1.82 bits per heavy atom. The fourth-order valence-electron chi connectivity index (χ4n) is 2.11. The van der Waals surface area contributed by atoms with Crippen LogP contribution in [0.15, 0.2) is 62.9 Å². The van der Waals surface area contributed by atoms with Gasteiger partial charge in [0.15, 0.2) is 5.84 Å². The first-order valence-corrected chi connectivity index (χ1v) is 8.27. The minimum Gasteiger partial charge on any atom is -0.250 e. The summed E-state index contributed by atoms with van der Waals surface area (Å²) in [6, 6.07) is 13.9. The summed E-state index contributed by atoms with van der Waals surface area (Å²) in [6.07, 6.45) is 1.57. The highest BCUT2D eigenvalue weighted by Gasteiger charge is 2.30. The second-order valence-corrected chi connectivity index (χ2v) is 6.66. The Morgan fingerprint density at radius 3 is 2.59 bits per heavy atom. The van der Waals surface area contributed by atoms with E-state index >= 15 is 0 Å². The highest BCUT2D eigenvalue weighted by Crippen LogP contribution is 2.27. The average molecular weight is 334 g/mol. The summed E-state index contributed by atoms with van der Waals surface area (Å²) in [5, 5.41) is 6.22. The van der Waals surface area contributed by atoms with Crippen LogP contribution in [0.3, 0.4) is 0 Å². The van der Waals surface area contributed by atoms with Crippen molar-refractivity contribution >= 4 is 33.7 Å². The van der Waals surface area contributed by atoms with E-state index in [9.17, 15) is 8.42 Å². The lowest BCUT2D eigenvalue weighted by Crippen LogP contribution is -2.21. The van der Waals surface area contributed by atoms with Gasteiger partial charge in [0.1, 0.15) is 4.90 Å². The number of halogens is 1. The maximum absolute atomic E-state index is 12.0. The summed E-state index contributed by atoms with van der Waals surface area (Å²) < 4.78 is 27.8. The molecule has 22 heavy (non-hydrogen) atoms. The molecule has 0 radical (unpaired) electrons. The molecule has 0 aromatic heterocycles. The van der Waals surface area contributed by atoms with Crippen LogP contribution in [0.1, 0.15) is 11.1 Å². The van der Waals surface area contributed by atoms with E-state index in [4.69, 9.17) is 11.6 Å². The predicted molar refractivity (Wildman–Crippen MR) is 87.0 cm³/mol. The molecule has 2 aromatic carbocycles.